The summed E-state index contributed by atoms with van der Waals surface area (Å²) in [7, 11) is 0. The number of hydrogen-bond donors (Lipinski definition) is 3. The van der Waals surface area contributed by atoms with Crippen LogP contribution < -0.4 is 15.4 Å². The number of nitrogens with one attached hydrogen (secondary N) is 2. The van der Waals surface area contributed by atoms with E-state index < -0.39 is 0 Å². The van der Waals surface area contributed by atoms with Crippen LogP contribution in [0.4, 0.5) is 5.82 Å². The Balaban J connectivity index is 1.69. The third-order valence-electron chi connectivity index (χ3n) is 4.36. The van der Waals surface area contributed by atoms with Gasteiger partial charge in [0.1, 0.15) is 12.4 Å². The molecule has 0 saturated carbocycles. The van der Waals surface area contributed by atoms with E-state index in [9.17, 15) is 0 Å². The second kappa shape index (κ2) is 7.67. The molecule has 4 heterocycles. The molecule has 1 saturated heterocycles. The van der Waals surface area contributed by atoms with Crippen LogP contribution in [0.2, 0.25) is 0 Å². The molecule has 0 unspecified atom stereocenters. The number of rotatable bonds is 6. The topological polar surface area (TPSA) is 96.6 Å². The first kappa shape index (κ1) is 16.7. The molecular weight excluding hydrogens is 332 g/mol. The predicted octanol–water partition coefficient (Wildman–Crippen LogP) is 1.33. The standard InChI is InChI=1S/C18H22N6O2/c25-8-9-26-17-10-16(21-13-4-3-6-19-11-13)22-18(23-17)14-12-20-24-7-2-1-5-15(14)24/h1-2,5,7,10,12-13,19,25H,3-4,6,8-9,11H2,(H,21,22,23)/t13-/m1/s1. The SMILES string of the molecule is OCCOc1cc(N[C@@H]2CCCNC2)nc(-c2cnn3ccccc23)n1. The second-order valence-electron chi connectivity index (χ2n) is 6.26. The van der Waals surface area contributed by atoms with Crippen LogP contribution in [0.3, 0.4) is 0 Å². The molecule has 1 atom stereocenters. The molecule has 0 aromatic carbocycles. The number of piperidine rings is 1. The summed E-state index contributed by atoms with van der Waals surface area (Å²) in [6.45, 7) is 2.09. The summed E-state index contributed by atoms with van der Waals surface area (Å²) in [5.74, 6) is 1.70. The van der Waals surface area contributed by atoms with E-state index in [1.807, 2.05) is 24.4 Å². The quantitative estimate of drug-likeness (QED) is 0.614. The van der Waals surface area contributed by atoms with Gasteiger partial charge >= 0.3 is 0 Å². The van der Waals surface area contributed by atoms with Crippen LogP contribution in [0, 0.1) is 0 Å². The summed E-state index contributed by atoms with van der Waals surface area (Å²) in [5, 5.41) is 20.3. The molecule has 1 aliphatic heterocycles. The number of ether oxygens (including phenoxy) is 1. The number of fused-ring (bicyclic) bond motifs is 1. The first-order chi connectivity index (χ1) is 12.8. The molecule has 3 aromatic heterocycles. The maximum absolute atomic E-state index is 9.05. The third kappa shape index (κ3) is 3.61. The van der Waals surface area contributed by atoms with Crippen molar-refractivity contribution in [3.63, 3.8) is 0 Å². The number of anilines is 1. The van der Waals surface area contributed by atoms with Gasteiger partial charge in [-0.25, -0.2) is 9.50 Å². The molecule has 8 heteroatoms. The van der Waals surface area contributed by atoms with E-state index in [1.165, 1.54) is 0 Å². The minimum Gasteiger partial charge on any atom is -0.475 e. The lowest BCUT2D eigenvalue weighted by Gasteiger charge is -2.24. The van der Waals surface area contributed by atoms with Crippen molar-refractivity contribution in [3.8, 4) is 17.3 Å². The van der Waals surface area contributed by atoms with Gasteiger partial charge in [0.05, 0.1) is 23.9 Å². The fraction of sp³-hybridized carbons (Fsp3) is 0.389. The van der Waals surface area contributed by atoms with Crippen LogP contribution in [0.5, 0.6) is 5.88 Å². The molecule has 0 spiro atoms. The van der Waals surface area contributed by atoms with Gasteiger partial charge in [-0.2, -0.15) is 10.1 Å². The van der Waals surface area contributed by atoms with Crippen LogP contribution in [-0.2, 0) is 0 Å². The van der Waals surface area contributed by atoms with Crippen LogP contribution in [0.25, 0.3) is 16.9 Å². The van der Waals surface area contributed by atoms with Gasteiger partial charge in [-0.3, -0.25) is 0 Å². The monoisotopic (exact) mass is 354 g/mol. The van der Waals surface area contributed by atoms with Gasteiger partial charge in [0.2, 0.25) is 5.88 Å². The Morgan fingerprint density at radius 2 is 2.31 bits per heavy atom. The van der Waals surface area contributed by atoms with Gasteiger partial charge in [-0.05, 0) is 31.5 Å². The van der Waals surface area contributed by atoms with Crippen molar-refractivity contribution in [2.75, 3.05) is 31.6 Å². The van der Waals surface area contributed by atoms with E-state index in [2.05, 4.69) is 25.7 Å². The molecule has 4 rings (SSSR count). The highest BCUT2D eigenvalue weighted by Gasteiger charge is 2.16. The summed E-state index contributed by atoms with van der Waals surface area (Å²) >= 11 is 0. The minimum atomic E-state index is -0.0641. The normalized spacial score (nSPS) is 17.3. The molecule has 26 heavy (non-hydrogen) atoms. The van der Waals surface area contributed by atoms with Gasteiger partial charge in [0, 0.05) is 24.8 Å². The number of nitrogens with zero attached hydrogens (tertiary/aromatic N) is 4. The zero-order valence-corrected chi connectivity index (χ0v) is 14.4. The average molecular weight is 354 g/mol. The Kier molecular flexibility index (Phi) is 4.94. The van der Waals surface area contributed by atoms with Crippen molar-refractivity contribution in [2.45, 2.75) is 18.9 Å². The Morgan fingerprint density at radius 1 is 1.35 bits per heavy atom. The Hall–Kier alpha value is -2.71. The molecule has 0 amide bonds. The van der Waals surface area contributed by atoms with E-state index in [4.69, 9.17) is 9.84 Å². The number of aliphatic hydroxyl groups is 1. The molecule has 136 valence electrons. The molecule has 0 radical (unpaired) electrons. The highest BCUT2D eigenvalue weighted by atomic mass is 16.5. The van der Waals surface area contributed by atoms with Gasteiger partial charge in [-0.1, -0.05) is 6.07 Å². The maximum Gasteiger partial charge on any atom is 0.219 e. The van der Waals surface area contributed by atoms with E-state index >= 15 is 0 Å². The van der Waals surface area contributed by atoms with Gasteiger partial charge in [-0.15, -0.1) is 0 Å². The summed E-state index contributed by atoms with van der Waals surface area (Å²) in [5.41, 5.74) is 1.77. The van der Waals surface area contributed by atoms with Gasteiger partial charge in [0.15, 0.2) is 5.82 Å². The lowest BCUT2D eigenvalue weighted by molar-refractivity contribution is 0.196. The van der Waals surface area contributed by atoms with E-state index in [1.54, 1.807) is 16.8 Å². The molecule has 1 fully saturated rings. The first-order valence-electron chi connectivity index (χ1n) is 8.86. The summed E-state index contributed by atoms with van der Waals surface area (Å²) in [6.07, 6.45) is 5.87. The van der Waals surface area contributed by atoms with Crippen molar-refractivity contribution in [2.24, 2.45) is 0 Å². The van der Waals surface area contributed by atoms with Crippen LogP contribution in [0.15, 0.2) is 36.7 Å². The predicted molar refractivity (Wildman–Crippen MR) is 98.3 cm³/mol. The van der Waals surface area contributed by atoms with Gasteiger partial charge in [0.25, 0.3) is 0 Å². The number of aliphatic hydroxyl groups excluding tert-OH is 1. The fourth-order valence-corrected chi connectivity index (χ4v) is 3.13. The second-order valence-corrected chi connectivity index (χ2v) is 6.26. The van der Waals surface area contributed by atoms with Crippen LogP contribution >= 0.6 is 0 Å². The van der Waals surface area contributed by atoms with Crippen molar-refractivity contribution < 1.29 is 9.84 Å². The Labute approximate surface area is 151 Å². The average Bonchev–Trinajstić information content (AvgIpc) is 3.11. The number of pyridine rings is 1. The lowest BCUT2D eigenvalue weighted by Crippen LogP contribution is -2.38. The zero-order valence-electron chi connectivity index (χ0n) is 14.4. The molecular formula is C18H22N6O2. The van der Waals surface area contributed by atoms with Crippen molar-refractivity contribution in [3.05, 3.63) is 36.7 Å². The Morgan fingerprint density at radius 3 is 3.15 bits per heavy atom. The van der Waals surface area contributed by atoms with E-state index in [0.29, 0.717) is 23.6 Å². The molecule has 0 aliphatic carbocycles. The number of aromatic nitrogens is 4. The van der Waals surface area contributed by atoms with Crippen LogP contribution in [0.1, 0.15) is 12.8 Å². The molecule has 0 bridgehead atoms. The first-order valence-corrected chi connectivity index (χ1v) is 8.86. The molecule has 1 aliphatic rings. The minimum absolute atomic E-state index is 0.0641. The van der Waals surface area contributed by atoms with Crippen LogP contribution in [-0.4, -0.2) is 57.0 Å². The van der Waals surface area contributed by atoms with Crippen molar-refractivity contribution in [1.29, 1.82) is 0 Å². The largest absolute Gasteiger partial charge is 0.475 e. The Bertz CT molecular complexity index is 875. The lowest BCUT2D eigenvalue weighted by atomic mass is 10.1. The van der Waals surface area contributed by atoms with Crippen molar-refractivity contribution >= 4 is 11.3 Å². The smallest absolute Gasteiger partial charge is 0.219 e. The van der Waals surface area contributed by atoms with E-state index in [0.717, 1.165) is 37.0 Å². The molecule has 3 aromatic rings. The van der Waals surface area contributed by atoms with E-state index in [-0.39, 0.29) is 13.2 Å². The summed E-state index contributed by atoms with van der Waals surface area (Å²) in [6, 6.07) is 7.96. The maximum atomic E-state index is 9.05. The molecule has 3 N–H and O–H groups in total. The molecule has 8 nitrogen and oxygen atoms in total. The number of hydrogen-bond acceptors (Lipinski definition) is 7. The fourth-order valence-electron chi connectivity index (χ4n) is 3.13. The zero-order chi connectivity index (χ0) is 17.8. The third-order valence-corrected chi connectivity index (χ3v) is 4.36. The van der Waals surface area contributed by atoms with Crippen molar-refractivity contribution in [1.82, 2.24) is 24.9 Å². The van der Waals surface area contributed by atoms with Gasteiger partial charge < -0.3 is 20.5 Å². The summed E-state index contributed by atoms with van der Waals surface area (Å²) < 4.78 is 7.34. The summed E-state index contributed by atoms with van der Waals surface area (Å²) in [4.78, 5) is 9.19. The highest BCUT2D eigenvalue weighted by molar-refractivity contribution is 5.76. The highest BCUT2D eigenvalue weighted by Crippen LogP contribution is 2.25.